The molecule has 0 amide bonds. The standard InChI is InChI=1S/C16H25BN2O5/c1-10(2)9-22-14-8-12(18)13(19(20)21)7-11(14)17-23-15(3,4)16(5,6)24-17/h7-8,10H,9,18H2,1-6H3. The summed E-state index contributed by atoms with van der Waals surface area (Å²) in [5, 5.41) is 11.2. The average Bonchev–Trinajstić information content (AvgIpc) is 2.64. The van der Waals surface area contributed by atoms with E-state index in [1.165, 1.54) is 12.1 Å². The minimum Gasteiger partial charge on any atom is -0.494 e. The van der Waals surface area contributed by atoms with Gasteiger partial charge in [-0.1, -0.05) is 13.8 Å². The fourth-order valence-electron chi connectivity index (χ4n) is 2.29. The molecule has 2 N–H and O–H groups in total. The van der Waals surface area contributed by atoms with Crippen LogP contribution in [0.4, 0.5) is 11.4 Å². The highest BCUT2D eigenvalue weighted by atomic mass is 16.7. The Labute approximate surface area is 142 Å². The number of nitro groups is 1. The normalized spacial score (nSPS) is 18.9. The third-order valence-electron chi connectivity index (χ3n) is 4.44. The molecule has 0 radical (unpaired) electrons. The molecule has 8 heteroatoms. The molecule has 0 aromatic heterocycles. The zero-order valence-corrected chi connectivity index (χ0v) is 15.1. The highest BCUT2D eigenvalue weighted by Gasteiger charge is 2.52. The molecule has 1 aromatic rings. The highest BCUT2D eigenvalue weighted by Crippen LogP contribution is 2.38. The van der Waals surface area contributed by atoms with Crippen molar-refractivity contribution in [1.29, 1.82) is 0 Å². The number of nitrogens with zero attached hydrogens (tertiary/aromatic N) is 1. The molecule has 0 spiro atoms. The molecule has 0 bridgehead atoms. The van der Waals surface area contributed by atoms with Crippen molar-refractivity contribution in [2.75, 3.05) is 12.3 Å². The number of nitro benzene ring substituents is 1. The average molecular weight is 336 g/mol. The van der Waals surface area contributed by atoms with Gasteiger partial charge in [-0.15, -0.1) is 0 Å². The Balaban J connectivity index is 2.46. The molecule has 0 saturated carbocycles. The first kappa shape index (κ1) is 18.5. The van der Waals surface area contributed by atoms with Gasteiger partial charge in [0.15, 0.2) is 0 Å². The summed E-state index contributed by atoms with van der Waals surface area (Å²) in [6.45, 7) is 12.2. The topological polar surface area (TPSA) is 96.9 Å². The predicted molar refractivity (Wildman–Crippen MR) is 93.6 cm³/mol. The number of ether oxygens (including phenoxy) is 1. The van der Waals surface area contributed by atoms with Crippen LogP contribution in [0.25, 0.3) is 0 Å². The summed E-state index contributed by atoms with van der Waals surface area (Å²) in [6.07, 6.45) is 0. The van der Waals surface area contributed by atoms with Gasteiger partial charge in [0.05, 0.1) is 22.7 Å². The highest BCUT2D eigenvalue weighted by molar-refractivity contribution is 6.63. The molecule has 132 valence electrons. The third kappa shape index (κ3) is 3.49. The first-order valence-electron chi connectivity index (χ1n) is 8.01. The lowest BCUT2D eigenvalue weighted by atomic mass is 9.78. The van der Waals surface area contributed by atoms with E-state index in [0.29, 0.717) is 23.7 Å². The summed E-state index contributed by atoms with van der Waals surface area (Å²) >= 11 is 0. The van der Waals surface area contributed by atoms with Gasteiger partial charge < -0.3 is 19.8 Å². The second-order valence-corrected chi connectivity index (χ2v) is 7.50. The van der Waals surface area contributed by atoms with E-state index in [9.17, 15) is 10.1 Å². The summed E-state index contributed by atoms with van der Waals surface area (Å²) < 4.78 is 17.8. The van der Waals surface area contributed by atoms with Crippen molar-refractivity contribution < 1.29 is 19.0 Å². The third-order valence-corrected chi connectivity index (χ3v) is 4.44. The Hall–Kier alpha value is -1.80. The Morgan fingerprint density at radius 2 is 1.79 bits per heavy atom. The Bertz CT molecular complexity index is 630. The first-order chi connectivity index (χ1) is 10.9. The number of rotatable bonds is 5. The van der Waals surface area contributed by atoms with Crippen LogP contribution in [0.1, 0.15) is 41.5 Å². The monoisotopic (exact) mass is 336 g/mol. The molecule has 24 heavy (non-hydrogen) atoms. The molecule has 0 atom stereocenters. The second-order valence-electron chi connectivity index (χ2n) is 7.50. The minimum absolute atomic E-state index is 0.0547. The van der Waals surface area contributed by atoms with E-state index in [2.05, 4.69) is 0 Å². The van der Waals surface area contributed by atoms with E-state index in [1.807, 2.05) is 41.5 Å². The lowest BCUT2D eigenvalue weighted by molar-refractivity contribution is -0.383. The predicted octanol–water partition coefficient (Wildman–Crippen LogP) is 2.51. The van der Waals surface area contributed by atoms with Crippen molar-refractivity contribution >= 4 is 24.0 Å². The van der Waals surface area contributed by atoms with Crippen molar-refractivity contribution in [1.82, 2.24) is 0 Å². The molecule has 1 aliphatic rings. The van der Waals surface area contributed by atoms with Crippen LogP contribution in [0.15, 0.2) is 12.1 Å². The van der Waals surface area contributed by atoms with Gasteiger partial charge in [0.2, 0.25) is 0 Å². The van der Waals surface area contributed by atoms with Gasteiger partial charge >= 0.3 is 7.12 Å². The van der Waals surface area contributed by atoms with E-state index in [4.69, 9.17) is 19.8 Å². The van der Waals surface area contributed by atoms with E-state index in [0.717, 1.165) is 0 Å². The van der Waals surface area contributed by atoms with Gasteiger partial charge in [-0.3, -0.25) is 10.1 Å². The van der Waals surface area contributed by atoms with Gasteiger partial charge in [-0.25, -0.2) is 0 Å². The number of hydrogen-bond acceptors (Lipinski definition) is 6. The van der Waals surface area contributed by atoms with E-state index >= 15 is 0 Å². The fourth-order valence-corrected chi connectivity index (χ4v) is 2.29. The molecule has 1 heterocycles. The maximum absolute atomic E-state index is 11.2. The summed E-state index contributed by atoms with van der Waals surface area (Å²) in [5.74, 6) is 0.748. The molecular weight excluding hydrogens is 311 g/mol. The summed E-state index contributed by atoms with van der Waals surface area (Å²) in [5.41, 5.74) is 5.05. The van der Waals surface area contributed by atoms with E-state index in [1.54, 1.807) is 0 Å². The molecular formula is C16H25BN2O5. The molecule has 7 nitrogen and oxygen atoms in total. The van der Waals surface area contributed by atoms with Crippen molar-refractivity contribution in [2.45, 2.75) is 52.7 Å². The minimum atomic E-state index is -0.753. The Morgan fingerprint density at radius 3 is 2.25 bits per heavy atom. The smallest absolute Gasteiger partial charge is 0.494 e. The van der Waals surface area contributed by atoms with Gasteiger partial charge in [0, 0.05) is 17.6 Å². The van der Waals surface area contributed by atoms with Crippen molar-refractivity contribution in [3.8, 4) is 5.75 Å². The van der Waals surface area contributed by atoms with Crippen LogP contribution in [0.2, 0.25) is 0 Å². The number of benzene rings is 1. The molecule has 2 rings (SSSR count). The van der Waals surface area contributed by atoms with Crippen LogP contribution < -0.4 is 15.9 Å². The van der Waals surface area contributed by atoms with E-state index in [-0.39, 0.29) is 11.4 Å². The molecule has 1 saturated heterocycles. The quantitative estimate of drug-likeness (QED) is 0.384. The number of nitrogen functional groups attached to an aromatic ring is 1. The number of hydrogen-bond donors (Lipinski definition) is 1. The SMILES string of the molecule is CC(C)COc1cc(N)c([N+](=O)[O-])cc1B1OC(C)(C)C(C)(C)O1. The van der Waals surface area contributed by atoms with Crippen LogP contribution in [0.5, 0.6) is 5.75 Å². The molecule has 0 aliphatic carbocycles. The molecule has 1 aliphatic heterocycles. The summed E-state index contributed by atoms with van der Waals surface area (Å²) in [7, 11) is -0.753. The zero-order valence-electron chi connectivity index (χ0n) is 15.1. The molecule has 1 aromatic carbocycles. The lowest BCUT2D eigenvalue weighted by Crippen LogP contribution is -2.41. The number of anilines is 1. The van der Waals surface area contributed by atoms with Crippen LogP contribution in [0, 0.1) is 16.0 Å². The Morgan fingerprint density at radius 1 is 1.25 bits per heavy atom. The largest absolute Gasteiger partial charge is 0.498 e. The van der Waals surface area contributed by atoms with Gasteiger partial charge in [0.25, 0.3) is 5.69 Å². The first-order valence-corrected chi connectivity index (χ1v) is 8.01. The lowest BCUT2D eigenvalue weighted by Gasteiger charge is -2.32. The van der Waals surface area contributed by atoms with Gasteiger partial charge in [-0.05, 0) is 33.6 Å². The van der Waals surface area contributed by atoms with Gasteiger partial charge in [-0.2, -0.15) is 0 Å². The van der Waals surface area contributed by atoms with Crippen LogP contribution >= 0.6 is 0 Å². The zero-order chi connectivity index (χ0) is 18.3. The van der Waals surface area contributed by atoms with Crippen molar-refractivity contribution in [3.63, 3.8) is 0 Å². The van der Waals surface area contributed by atoms with Crippen LogP contribution in [-0.2, 0) is 9.31 Å². The summed E-state index contributed by atoms with van der Waals surface area (Å²) in [4.78, 5) is 10.7. The fraction of sp³-hybridized carbons (Fsp3) is 0.625. The Kier molecular flexibility index (Phi) is 4.83. The number of nitrogens with two attached hydrogens (primary N) is 1. The molecule has 0 unspecified atom stereocenters. The van der Waals surface area contributed by atoms with Crippen molar-refractivity contribution in [3.05, 3.63) is 22.2 Å². The van der Waals surface area contributed by atoms with Crippen molar-refractivity contribution in [2.24, 2.45) is 5.92 Å². The molecule has 1 fully saturated rings. The maximum atomic E-state index is 11.2. The maximum Gasteiger partial charge on any atom is 0.498 e. The van der Waals surface area contributed by atoms with Crippen LogP contribution in [-0.4, -0.2) is 29.9 Å². The van der Waals surface area contributed by atoms with Gasteiger partial charge in [0.1, 0.15) is 11.4 Å². The second kappa shape index (κ2) is 6.25. The van der Waals surface area contributed by atoms with Crippen LogP contribution in [0.3, 0.4) is 0 Å². The summed E-state index contributed by atoms with van der Waals surface area (Å²) in [6, 6.07) is 2.86. The van der Waals surface area contributed by atoms with E-state index < -0.39 is 23.2 Å².